The van der Waals surface area contributed by atoms with Crippen LogP contribution < -0.4 is 11.1 Å². The van der Waals surface area contributed by atoms with Crippen LogP contribution in [0.1, 0.15) is 27.7 Å². The molecule has 3 N–H and O–H groups in total. The molecule has 0 atom stereocenters. The summed E-state index contributed by atoms with van der Waals surface area (Å²) in [6, 6.07) is 5.72. The topological polar surface area (TPSA) is 101 Å². The van der Waals surface area contributed by atoms with Gasteiger partial charge in [-0.25, -0.2) is 4.79 Å². The summed E-state index contributed by atoms with van der Waals surface area (Å²) in [4.78, 5) is 16.3. The Balaban J connectivity index is 2.26. The van der Waals surface area contributed by atoms with Crippen LogP contribution in [0.4, 0.5) is 10.7 Å². The van der Waals surface area contributed by atoms with Crippen LogP contribution in [-0.4, -0.2) is 17.6 Å². The third kappa shape index (κ3) is 3.30. The first kappa shape index (κ1) is 14.8. The zero-order valence-electron chi connectivity index (χ0n) is 11.4. The number of nitriles is 1. The number of nitrogens with two attached hydrogens (primary N) is 1. The monoisotopic (exact) mass is 302 g/mol. The fourth-order valence-corrected chi connectivity index (χ4v) is 2.64. The van der Waals surface area contributed by atoms with E-state index in [9.17, 15) is 4.79 Å². The van der Waals surface area contributed by atoms with Gasteiger partial charge in [-0.15, -0.1) is 11.3 Å². The lowest BCUT2D eigenvalue weighted by molar-refractivity contribution is 0.0529. The van der Waals surface area contributed by atoms with Gasteiger partial charge in [-0.05, 0) is 18.6 Å². The molecule has 0 fully saturated rings. The quantitative estimate of drug-likeness (QED) is 0.822. The number of hydrogen-bond donors (Lipinski definition) is 2. The minimum atomic E-state index is -0.526. The number of pyridine rings is 1. The highest BCUT2D eigenvalue weighted by molar-refractivity contribution is 7.17. The summed E-state index contributed by atoms with van der Waals surface area (Å²) in [5.74, 6) is -0.526. The summed E-state index contributed by atoms with van der Waals surface area (Å²) < 4.78 is 4.99. The standard InChI is InChI=1S/C14H14N4O2S/c1-2-20-14(19)11-12(16)10(6-15)21-13(11)18-8-9-4-3-5-17-7-9/h3-5,7,18H,2,8,16H2,1H3. The van der Waals surface area contributed by atoms with Gasteiger partial charge in [0, 0.05) is 18.9 Å². The van der Waals surface area contributed by atoms with Crippen molar-refractivity contribution in [2.75, 3.05) is 17.7 Å². The van der Waals surface area contributed by atoms with Crippen molar-refractivity contribution in [1.29, 1.82) is 5.26 Å². The molecule has 2 rings (SSSR count). The predicted molar refractivity (Wildman–Crippen MR) is 81.0 cm³/mol. The zero-order chi connectivity index (χ0) is 15.2. The number of thiophene rings is 1. The lowest BCUT2D eigenvalue weighted by atomic mass is 10.2. The van der Waals surface area contributed by atoms with E-state index in [4.69, 9.17) is 15.7 Å². The highest BCUT2D eigenvalue weighted by atomic mass is 32.1. The van der Waals surface area contributed by atoms with Gasteiger partial charge in [0.15, 0.2) is 0 Å². The molecular weight excluding hydrogens is 288 g/mol. The lowest BCUT2D eigenvalue weighted by Gasteiger charge is -2.07. The fraction of sp³-hybridized carbons (Fsp3) is 0.214. The van der Waals surface area contributed by atoms with E-state index in [2.05, 4.69) is 10.3 Å². The molecule has 0 saturated carbocycles. The Morgan fingerprint density at radius 3 is 3.05 bits per heavy atom. The number of nitrogens with zero attached hydrogens (tertiary/aromatic N) is 2. The minimum Gasteiger partial charge on any atom is -0.462 e. The third-order valence-electron chi connectivity index (χ3n) is 2.70. The molecule has 2 heterocycles. The van der Waals surface area contributed by atoms with Crippen LogP contribution in [0.5, 0.6) is 0 Å². The number of carbonyl (C=O) groups excluding carboxylic acids is 1. The van der Waals surface area contributed by atoms with Crippen molar-refractivity contribution in [2.24, 2.45) is 0 Å². The van der Waals surface area contributed by atoms with Crippen molar-refractivity contribution in [2.45, 2.75) is 13.5 Å². The Labute approximate surface area is 126 Å². The van der Waals surface area contributed by atoms with Crippen LogP contribution in [0.2, 0.25) is 0 Å². The van der Waals surface area contributed by atoms with Crippen molar-refractivity contribution in [1.82, 2.24) is 4.98 Å². The molecule has 0 aliphatic heterocycles. The van der Waals surface area contributed by atoms with Gasteiger partial charge in [0.1, 0.15) is 21.5 Å². The van der Waals surface area contributed by atoms with E-state index in [1.165, 1.54) is 0 Å². The van der Waals surface area contributed by atoms with Gasteiger partial charge in [0.05, 0.1) is 12.3 Å². The van der Waals surface area contributed by atoms with E-state index < -0.39 is 5.97 Å². The van der Waals surface area contributed by atoms with E-state index in [1.54, 1.807) is 19.3 Å². The summed E-state index contributed by atoms with van der Waals surface area (Å²) in [7, 11) is 0. The SMILES string of the molecule is CCOC(=O)c1c(NCc2cccnc2)sc(C#N)c1N. The second-order valence-electron chi connectivity index (χ2n) is 4.10. The molecule has 0 radical (unpaired) electrons. The molecule has 0 aliphatic carbocycles. The zero-order valence-corrected chi connectivity index (χ0v) is 12.2. The van der Waals surface area contributed by atoms with Crippen molar-refractivity contribution in [3.63, 3.8) is 0 Å². The number of hydrogen-bond acceptors (Lipinski definition) is 7. The van der Waals surface area contributed by atoms with E-state index in [1.807, 2.05) is 18.2 Å². The minimum absolute atomic E-state index is 0.162. The second-order valence-corrected chi connectivity index (χ2v) is 5.12. The summed E-state index contributed by atoms with van der Waals surface area (Å²) in [5, 5.41) is 12.7. The Kier molecular flexibility index (Phi) is 4.74. The molecule has 0 bridgehead atoms. The number of ether oxygens (including phenoxy) is 1. The molecule has 0 aromatic carbocycles. The summed E-state index contributed by atoms with van der Waals surface area (Å²) >= 11 is 1.14. The molecular formula is C14H14N4O2S. The summed E-state index contributed by atoms with van der Waals surface area (Å²) in [6.07, 6.45) is 3.41. The van der Waals surface area contributed by atoms with E-state index >= 15 is 0 Å². The highest BCUT2D eigenvalue weighted by Gasteiger charge is 2.23. The molecule has 0 saturated heterocycles. The van der Waals surface area contributed by atoms with Crippen LogP contribution in [0.25, 0.3) is 0 Å². The molecule has 2 aromatic rings. The van der Waals surface area contributed by atoms with Crippen LogP contribution >= 0.6 is 11.3 Å². The van der Waals surface area contributed by atoms with E-state index in [0.29, 0.717) is 16.4 Å². The molecule has 2 aromatic heterocycles. The van der Waals surface area contributed by atoms with Gasteiger partial charge in [0.25, 0.3) is 0 Å². The average Bonchev–Trinajstić information content (AvgIpc) is 2.82. The van der Waals surface area contributed by atoms with Crippen LogP contribution in [-0.2, 0) is 11.3 Å². The maximum Gasteiger partial charge on any atom is 0.343 e. The number of nitrogens with one attached hydrogen (secondary N) is 1. The first-order valence-corrected chi connectivity index (χ1v) is 7.11. The largest absolute Gasteiger partial charge is 0.462 e. The van der Waals surface area contributed by atoms with Gasteiger partial charge >= 0.3 is 5.97 Å². The Hall–Kier alpha value is -2.59. The maximum atomic E-state index is 12.0. The number of anilines is 2. The molecule has 108 valence electrons. The van der Waals surface area contributed by atoms with Crippen LogP contribution in [0.3, 0.4) is 0 Å². The number of rotatable bonds is 5. The van der Waals surface area contributed by atoms with E-state index in [0.717, 1.165) is 16.9 Å². The number of carbonyl (C=O) groups is 1. The number of nitrogen functional groups attached to an aromatic ring is 1. The molecule has 0 aliphatic rings. The van der Waals surface area contributed by atoms with Gasteiger partial charge in [0.2, 0.25) is 0 Å². The lowest BCUT2D eigenvalue weighted by Crippen LogP contribution is -2.10. The molecule has 0 spiro atoms. The molecule has 0 unspecified atom stereocenters. The third-order valence-corrected chi connectivity index (χ3v) is 3.77. The molecule has 21 heavy (non-hydrogen) atoms. The number of esters is 1. The normalized spacial score (nSPS) is 9.90. The van der Waals surface area contributed by atoms with Gasteiger partial charge in [-0.2, -0.15) is 5.26 Å². The van der Waals surface area contributed by atoms with Gasteiger partial charge in [-0.3, -0.25) is 4.98 Å². The molecule has 7 heteroatoms. The molecule has 6 nitrogen and oxygen atoms in total. The molecule has 0 amide bonds. The van der Waals surface area contributed by atoms with E-state index in [-0.39, 0.29) is 17.9 Å². The smallest absolute Gasteiger partial charge is 0.343 e. The van der Waals surface area contributed by atoms with Crippen molar-refractivity contribution in [3.05, 3.63) is 40.5 Å². The summed E-state index contributed by atoms with van der Waals surface area (Å²) in [5.41, 5.74) is 7.19. The van der Waals surface area contributed by atoms with Crippen LogP contribution in [0, 0.1) is 11.3 Å². The second kappa shape index (κ2) is 6.72. The Morgan fingerprint density at radius 2 is 2.43 bits per heavy atom. The first-order chi connectivity index (χ1) is 10.2. The highest BCUT2D eigenvalue weighted by Crippen LogP contribution is 2.36. The van der Waals surface area contributed by atoms with Gasteiger partial charge < -0.3 is 15.8 Å². The maximum absolute atomic E-state index is 12.0. The summed E-state index contributed by atoms with van der Waals surface area (Å²) in [6.45, 7) is 2.44. The van der Waals surface area contributed by atoms with Crippen LogP contribution in [0.15, 0.2) is 24.5 Å². The van der Waals surface area contributed by atoms with Crippen molar-refractivity contribution in [3.8, 4) is 6.07 Å². The predicted octanol–water partition coefficient (Wildman–Crippen LogP) is 2.39. The Bertz CT molecular complexity index is 676. The Morgan fingerprint density at radius 1 is 1.62 bits per heavy atom. The number of aromatic nitrogens is 1. The fourth-order valence-electron chi connectivity index (χ4n) is 1.74. The average molecular weight is 302 g/mol. The first-order valence-electron chi connectivity index (χ1n) is 6.29. The van der Waals surface area contributed by atoms with Crippen molar-refractivity contribution >= 4 is 28.0 Å². The van der Waals surface area contributed by atoms with Gasteiger partial charge in [-0.1, -0.05) is 6.07 Å². The van der Waals surface area contributed by atoms with Crippen molar-refractivity contribution < 1.29 is 9.53 Å².